The lowest BCUT2D eigenvalue weighted by molar-refractivity contribution is 0.0867. The van der Waals surface area contributed by atoms with Gasteiger partial charge in [0.05, 0.1) is 10.4 Å². The van der Waals surface area contributed by atoms with Crippen molar-refractivity contribution in [3.8, 4) is 0 Å². The summed E-state index contributed by atoms with van der Waals surface area (Å²) in [6.07, 6.45) is 2.99. The molecule has 0 bridgehead atoms. The second-order valence-corrected chi connectivity index (χ2v) is 5.14. The van der Waals surface area contributed by atoms with E-state index in [1.54, 1.807) is 11.3 Å². The Morgan fingerprint density at radius 2 is 2.47 bits per heavy atom. The van der Waals surface area contributed by atoms with Gasteiger partial charge in [-0.3, -0.25) is 4.79 Å². The standard InChI is InChI=1S/C12H17NOS/c1-3-12(6-4-7-13-12)11(14)10-9(2)5-8-15-10/h5,8,13H,3-4,6-7H2,1-2H3. The highest BCUT2D eigenvalue weighted by molar-refractivity contribution is 7.12. The first kappa shape index (κ1) is 10.8. The van der Waals surface area contributed by atoms with Crippen molar-refractivity contribution in [2.24, 2.45) is 0 Å². The summed E-state index contributed by atoms with van der Waals surface area (Å²) >= 11 is 1.57. The molecule has 1 N–H and O–H groups in total. The number of carbonyl (C=O) groups is 1. The number of Topliss-reactive ketones (excluding diaryl/α,β-unsaturated/α-hetero) is 1. The van der Waals surface area contributed by atoms with E-state index in [1.807, 2.05) is 18.4 Å². The van der Waals surface area contributed by atoms with Crippen molar-refractivity contribution in [1.82, 2.24) is 5.32 Å². The molecule has 0 aliphatic carbocycles. The maximum Gasteiger partial charge on any atom is 0.192 e. The summed E-state index contributed by atoms with van der Waals surface area (Å²) in [4.78, 5) is 13.4. The zero-order chi connectivity index (χ0) is 10.9. The predicted octanol–water partition coefficient (Wildman–Crippen LogP) is 2.77. The Labute approximate surface area is 94.7 Å². The third kappa shape index (κ3) is 1.74. The lowest BCUT2D eigenvalue weighted by Gasteiger charge is -2.26. The van der Waals surface area contributed by atoms with Crippen LogP contribution < -0.4 is 5.32 Å². The Morgan fingerprint density at radius 1 is 1.67 bits per heavy atom. The molecule has 0 amide bonds. The van der Waals surface area contributed by atoms with Crippen molar-refractivity contribution in [1.29, 1.82) is 0 Å². The Morgan fingerprint density at radius 3 is 2.93 bits per heavy atom. The molecular weight excluding hydrogens is 206 g/mol. The smallest absolute Gasteiger partial charge is 0.192 e. The molecule has 0 spiro atoms. The van der Waals surface area contributed by atoms with Crippen LogP contribution in [-0.4, -0.2) is 17.9 Å². The fourth-order valence-electron chi connectivity index (χ4n) is 2.29. The van der Waals surface area contributed by atoms with Gasteiger partial charge in [-0.15, -0.1) is 11.3 Å². The molecule has 0 aromatic carbocycles. The third-order valence-corrected chi connectivity index (χ3v) is 4.37. The molecule has 2 rings (SSSR count). The normalized spacial score (nSPS) is 25.7. The summed E-state index contributed by atoms with van der Waals surface area (Å²) in [5, 5.41) is 5.39. The van der Waals surface area contributed by atoms with E-state index in [0.717, 1.165) is 36.2 Å². The van der Waals surface area contributed by atoms with Crippen LogP contribution in [0.5, 0.6) is 0 Å². The van der Waals surface area contributed by atoms with Crippen molar-refractivity contribution in [2.75, 3.05) is 6.54 Å². The average Bonchev–Trinajstić information content (AvgIpc) is 2.86. The van der Waals surface area contributed by atoms with Crippen LogP contribution in [0.1, 0.15) is 41.4 Å². The van der Waals surface area contributed by atoms with Gasteiger partial charge in [0, 0.05) is 0 Å². The fraction of sp³-hybridized carbons (Fsp3) is 0.583. The Hall–Kier alpha value is -0.670. The summed E-state index contributed by atoms with van der Waals surface area (Å²) in [6.45, 7) is 5.09. The summed E-state index contributed by atoms with van der Waals surface area (Å²) in [6, 6.07) is 2.02. The molecule has 1 atom stereocenters. The van der Waals surface area contributed by atoms with Gasteiger partial charge in [0.1, 0.15) is 0 Å². The number of rotatable bonds is 3. The second kappa shape index (κ2) is 4.06. The van der Waals surface area contributed by atoms with Crippen LogP contribution in [-0.2, 0) is 0 Å². The van der Waals surface area contributed by atoms with Gasteiger partial charge in [0.25, 0.3) is 0 Å². The maximum absolute atomic E-state index is 12.4. The first-order valence-electron chi connectivity index (χ1n) is 5.53. The molecule has 2 nitrogen and oxygen atoms in total. The van der Waals surface area contributed by atoms with Gasteiger partial charge in [0.2, 0.25) is 0 Å². The molecule has 1 saturated heterocycles. The molecule has 1 unspecified atom stereocenters. The van der Waals surface area contributed by atoms with E-state index in [1.165, 1.54) is 0 Å². The minimum absolute atomic E-state index is 0.268. The topological polar surface area (TPSA) is 29.1 Å². The van der Waals surface area contributed by atoms with Crippen molar-refractivity contribution < 1.29 is 4.79 Å². The van der Waals surface area contributed by atoms with E-state index >= 15 is 0 Å². The van der Waals surface area contributed by atoms with Gasteiger partial charge in [-0.05, 0) is 49.7 Å². The van der Waals surface area contributed by atoms with Crippen molar-refractivity contribution >= 4 is 17.1 Å². The van der Waals surface area contributed by atoms with Gasteiger partial charge >= 0.3 is 0 Å². The maximum atomic E-state index is 12.4. The summed E-state index contributed by atoms with van der Waals surface area (Å²) in [5.74, 6) is 0.301. The SMILES string of the molecule is CCC1(C(=O)c2sccc2C)CCCN1. The zero-order valence-corrected chi connectivity index (χ0v) is 10.1. The van der Waals surface area contributed by atoms with Gasteiger partial charge in [-0.25, -0.2) is 0 Å². The largest absolute Gasteiger partial charge is 0.305 e. The lowest BCUT2D eigenvalue weighted by Crippen LogP contribution is -2.46. The van der Waals surface area contributed by atoms with Gasteiger partial charge in [-0.2, -0.15) is 0 Å². The minimum Gasteiger partial charge on any atom is -0.305 e. The number of nitrogens with one attached hydrogen (secondary N) is 1. The van der Waals surface area contributed by atoms with Crippen LogP contribution in [0.2, 0.25) is 0 Å². The number of hydrogen-bond acceptors (Lipinski definition) is 3. The monoisotopic (exact) mass is 223 g/mol. The highest BCUT2D eigenvalue weighted by Gasteiger charge is 2.40. The molecule has 1 aromatic rings. The first-order valence-corrected chi connectivity index (χ1v) is 6.41. The van der Waals surface area contributed by atoms with Crippen molar-refractivity contribution in [3.05, 3.63) is 21.9 Å². The Balaban J connectivity index is 2.30. The minimum atomic E-state index is -0.268. The van der Waals surface area contributed by atoms with Crippen LogP contribution in [0.4, 0.5) is 0 Å². The van der Waals surface area contributed by atoms with Gasteiger partial charge < -0.3 is 5.32 Å². The highest BCUT2D eigenvalue weighted by Crippen LogP contribution is 2.30. The summed E-state index contributed by atoms with van der Waals surface area (Å²) in [7, 11) is 0. The summed E-state index contributed by atoms with van der Waals surface area (Å²) in [5.41, 5.74) is 0.849. The lowest BCUT2D eigenvalue weighted by atomic mass is 9.87. The molecule has 1 fully saturated rings. The number of thiophene rings is 1. The number of ketones is 1. The molecular formula is C12H17NOS. The molecule has 15 heavy (non-hydrogen) atoms. The van der Waals surface area contributed by atoms with Crippen LogP contribution in [0.15, 0.2) is 11.4 Å². The quantitative estimate of drug-likeness (QED) is 0.798. The second-order valence-electron chi connectivity index (χ2n) is 4.23. The average molecular weight is 223 g/mol. The molecule has 1 aliphatic rings. The molecule has 0 saturated carbocycles. The molecule has 1 aromatic heterocycles. The van der Waals surface area contributed by atoms with Crippen molar-refractivity contribution in [3.63, 3.8) is 0 Å². The number of carbonyl (C=O) groups excluding carboxylic acids is 1. The van der Waals surface area contributed by atoms with Crippen LogP contribution in [0, 0.1) is 6.92 Å². The van der Waals surface area contributed by atoms with Crippen LogP contribution in [0.25, 0.3) is 0 Å². The van der Waals surface area contributed by atoms with Crippen molar-refractivity contribution in [2.45, 2.75) is 38.6 Å². The first-order chi connectivity index (χ1) is 7.19. The fourth-order valence-corrected chi connectivity index (χ4v) is 3.25. The molecule has 3 heteroatoms. The zero-order valence-electron chi connectivity index (χ0n) is 9.30. The van der Waals surface area contributed by atoms with E-state index < -0.39 is 0 Å². The Bertz CT molecular complexity index is 363. The summed E-state index contributed by atoms with van der Waals surface area (Å²) < 4.78 is 0. The van der Waals surface area contributed by atoms with E-state index in [9.17, 15) is 4.79 Å². The van der Waals surface area contributed by atoms with E-state index in [4.69, 9.17) is 0 Å². The highest BCUT2D eigenvalue weighted by atomic mass is 32.1. The predicted molar refractivity (Wildman–Crippen MR) is 63.6 cm³/mol. The van der Waals surface area contributed by atoms with E-state index in [2.05, 4.69) is 12.2 Å². The third-order valence-electron chi connectivity index (χ3n) is 3.35. The van der Waals surface area contributed by atoms with Gasteiger partial charge in [-0.1, -0.05) is 6.92 Å². The molecule has 0 radical (unpaired) electrons. The van der Waals surface area contributed by atoms with E-state index in [0.29, 0.717) is 5.78 Å². The Kier molecular flexibility index (Phi) is 2.94. The molecule has 1 aliphatic heterocycles. The number of aryl methyl sites for hydroxylation is 1. The molecule has 82 valence electrons. The van der Waals surface area contributed by atoms with Crippen LogP contribution in [0.3, 0.4) is 0 Å². The number of hydrogen-bond donors (Lipinski definition) is 1. The van der Waals surface area contributed by atoms with Crippen LogP contribution >= 0.6 is 11.3 Å². The van der Waals surface area contributed by atoms with E-state index in [-0.39, 0.29) is 5.54 Å². The van der Waals surface area contributed by atoms with Gasteiger partial charge in [0.15, 0.2) is 5.78 Å². The molecule has 2 heterocycles.